The Morgan fingerprint density at radius 3 is 2.64 bits per heavy atom. The molecule has 2 N–H and O–H groups in total. The molecule has 0 aromatic heterocycles. The fourth-order valence-electron chi connectivity index (χ4n) is 3.83. The van der Waals surface area contributed by atoms with Crippen molar-refractivity contribution in [3.8, 4) is 5.75 Å². The van der Waals surface area contributed by atoms with Crippen LogP contribution in [0.2, 0.25) is 5.02 Å². The molecule has 2 aliphatic rings. The van der Waals surface area contributed by atoms with E-state index in [0.717, 1.165) is 31.2 Å². The molecule has 0 unspecified atom stereocenters. The van der Waals surface area contributed by atoms with E-state index in [1.807, 2.05) is 25.1 Å². The first-order valence-electron chi connectivity index (χ1n) is 8.68. The molecule has 1 aromatic rings. The van der Waals surface area contributed by atoms with Gasteiger partial charge in [-0.3, -0.25) is 4.79 Å². The third kappa shape index (κ3) is 3.04. The molecule has 0 bridgehead atoms. The van der Waals surface area contributed by atoms with E-state index in [-0.39, 0.29) is 17.2 Å². The highest BCUT2D eigenvalue weighted by atomic mass is 35.5. The quantitative estimate of drug-likeness (QED) is 0.818. The van der Waals surface area contributed by atoms with Gasteiger partial charge in [-0.1, -0.05) is 30.7 Å². The number of rotatable bonds is 3. The molecule has 25 heavy (non-hydrogen) atoms. The SMILES string of the molecule is C/C=C/c1cc(Cl)c(C2=C(O)C3(CCC(C)CC3)NC2=O)c(OC)c1. The Morgan fingerprint density at radius 1 is 1.36 bits per heavy atom. The number of aliphatic hydroxyl groups is 1. The van der Waals surface area contributed by atoms with Gasteiger partial charge >= 0.3 is 0 Å². The number of halogens is 1. The number of amides is 1. The van der Waals surface area contributed by atoms with Crippen molar-refractivity contribution in [1.82, 2.24) is 5.32 Å². The van der Waals surface area contributed by atoms with Gasteiger partial charge in [0, 0.05) is 0 Å². The molecule has 3 rings (SSSR count). The van der Waals surface area contributed by atoms with Gasteiger partial charge in [0.2, 0.25) is 0 Å². The van der Waals surface area contributed by atoms with Crippen molar-refractivity contribution >= 4 is 29.2 Å². The number of carbonyl (C=O) groups is 1. The van der Waals surface area contributed by atoms with Gasteiger partial charge in [0.1, 0.15) is 11.5 Å². The summed E-state index contributed by atoms with van der Waals surface area (Å²) in [7, 11) is 1.54. The molecule has 1 aliphatic carbocycles. The third-order valence-corrected chi connectivity index (χ3v) is 5.60. The summed E-state index contributed by atoms with van der Waals surface area (Å²) in [6.07, 6.45) is 7.25. The predicted molar refractivity (Wildman–Crippen MR) is 101 cm³/mol. The van der Waals surface area contributed by atoms with E-state index in [1.54, 1.807) is 6.07 Å². The van der Waals surface area contributed by atoms with Crippen LogP contribution in [0.1, 0.15) is 50.7 Å². The summed E-state index contributed by atoms with van der Waals surface area (Å²) in [6, 6.07) is 3.60. The van der Waals surface area contributed by atoms with E-state index in [9.17, 15) is 9.90 Å². The Hall–Kier alpha value is -1.94. The Morgan fingerprint density at radius 2 is 2.04 bits per heavy atom. The normalized spacial score (nSPS) is 26.6. The summed E-state index contributed by atoms with van der Waals surface area (Å²) < 4.78 is 5.47. The largest absolute Gasteiger partial charge is 0.509 e. The highest BCUT2D eigenvalue weighted by Crippen LogP contribution is 2.46. The van der Waals surface area contributed by atoms with Crippen LogP contribution in [0.5, 0.6) is 5.75 Å². The van der Waals surface area contributed by atoms with Crippen LogP contribution in [0.25, 0.3) is 11.6 Å². The zero-order valence-corrected chi connectivity index (χ0v) is 15.6. The zero-order valence-electron chi connectivity index (χ0n) is 14.9. The number of aliphatic hydroxyl groups excluding tert-OH is 1. The van der Waals surface area contributed by atoms with E-state index in [1.165, 1.54) is 7.11 Å². The summed E-state index contributed by atoms with van der Waals surface area (Å²) in [5.41, 5.74) is 0.925. The number of hydrogen-bond donors (Lipinski definition) is 2. The average molecular weight is 362 g/mol. The van der Waals surface area contributed by atoms with E-state index in [4.69, 9.17) is 16.3 Å². The van der Waals surface area contributed by atoms with Gasteiger partial charge in [0.05, 0.1) is 28.8 Å². The van der Waals surface area contributed by atoms with E-state index >= 15 is 0 Å². The van der Waals surface area contributed by atoms with Gasteiger partial charge in [-0.2, -0.15) is 0 Å². The predicted octanol–water partition coefficient (Wildman–Crippen LogP) is 4.73. The summed E-state index contributed by atoms with van der Waals surface area (Å²) in [6.45, 7) is 4.12. The summed E-state index contributed by atoms with van der Waals surface area (Å²) in [5.74, 6) is 0.908. The lowest BCUT2D eigenvalue weighted by Crippen LogP contribution is -2.47. The lowest BCUT2D eigenvalue weighted by molar-refractivity contribution is -0.116. The van der Waals surface area contributed by atoms with Crippen molar-refractivity contribution in [1.29, 1.82) is 0 Å². The van der Waals surface area contributed by atoms with Gasteiger partial charge in [-0.25, -0.2) is 0 Å². The Labute approximate surface area is 153 Å². The van der Waals surface area contributed by atoms with E-state index in [0.29, 0.717) is 22.3 Å². The number of ether oxygens (including phenoxy) is 1. The minimum Gasteiger partial charge on any atom is -0.509 e. The maximum atomic E-state index is 12.7. The van der Waals surface area contributed by atoms with Crippen LogP contribution >= 0.6 is 11.6 Å². The second-order valence-electron chi connectivity index (χ2n) is 7.02. The number of methoxy groups -OCH3 is 1. The first kappa shape index (κ1) is 17.9. The minimum atomic E-state index is -0.657. The fraction of sp³-hybridized carbons (Fsp3) is 0.450. The van der Waals surface area contributed by atoms with Crippen LogP contribution < -0.4 is 10.1 Å². The Kier molecular flexibility index (Phi) is 4.83. The molecular weight excluding hydrogens is 338 g/mol. The molecule has 1 aliphatic heterocycles. The summed E-state index contributed by atoms with van der Waals surface area (Å²) >= 11 is 6.47. The topological polar surface area (TPSA) is 58.6 Å². The molecule has 1 saturated carbocycles. The second kappa shape index (κ2) is 6.75. The van der Waals surface area contributed by atoms with Crippen molar-refractivity contribution in [2.75, 3.05) is 7.11 Å². The Bertz CT molecular complexity index is 758. The first-order valence-corrected chi connectivity index (χ1v) is 9.06. The molecule has 5 heteroatoms. The molecule has 1 fully saturated rings. The van der Waals surface area contributed by atoms with Crippen molar-refractivity contribution in [3.05, 3.63) is 40.1 Å². The lowest BCUT2D eigenvalue weighted by atomic mass is 9.76. The molecule has 134 valence electrons. The smallest absolute Gasteiger partial charge is 0.256 e. The summed E-state index contributed by atoms with van der Waals surface area (Å²) in [5, 5.41) is 14.4. The highest BCUT2D eigenvalue weighted by Gasteiger charge is 2.48. The number of carbonyl (C=O) groups excluding carboxylic acids is 1. The fourth-order valence-corrected chi connectivity index (χ4v) is 4.14. The average Bonchev–Trinajstić information content (AvgIpc) is 2.81. The van der Waals surface area contributed by atoms with E-state index < -0.39 is 5.54 Å². The van der Waals surface area contributed by atoms with Crippen LogP contribution in [-0.4, -0.2) is 23.7 Å². The molecule has 1 amide bonds. The highest BCUT2D eigenvalue weighted by molar-refractivity contribution is 6.36. The lowest BCUT2D eigenvalue weighted by Gasteiger charge is -2.36. The van der Waals surface area contributed by atoms with Gasteiger partial charge < -0.3 is 15.2 Å². The monoisotopic (exact) mass is 361 g/mol. The first-order chi connectivity index (χ1) is 11.9. The van der Waals surface area contributed by atoms with Crippen molar-refractivity contribution < 1.29 is 14.6 Å². The van der Waals surface area contributed by atoms with Gasteiger partial charge in [0.25, 0.3) is 5.91 Å². The van der Waals surface area contributed by atoms with Gasteiger partial charge in [-0.15, -0.1) is 0 Å². The van der Waals surface area contributed by atoms with Crippen LogP contribution in [0.3, 0.4) is 0 Å². The standard InChI is InChI=1S/C20H24ClNO3/c1-4-5-13-10-14(21)16(15(11-13)25-3)17-18(23)20(22-19(17)24)8-6-12(2)7-9-20/h4-5,10-12,23H,6-9H2,1-3H3,(H,22,24)/b5-4+. The van der Waals surface area contributed by atoms with E-state index in [2.05, 4.69) is 12.2 Å². The third-order valence-electron chi connectivity index (χ3n) is 5.30. The molecular formula is C20H24ClNO3. The molecule has 4 nitrogen and oxygen atoms in total. The van der Waals surface area contributed by atoms with Crippen molar-refractivity contribution in [3.63, 3.8) is 0 Å². The Balaban J connectivity index is 2.12. The van der Waals surface area contributed by atoms with Gasteiger partial charge in [0.15, 0.2) is 0 Å². The maximum absolute atomic E-state index is 12.7. The summed E-state index contributed by atoms with van der Waals surface area (Å²) in [4.78, 5) is 12.7. The molecule has 0 atom stereocenters. The van der Waals surface area contributed by atoms with Crippen molar-refractivity contribution in [2.45, 2.75) is 45.1 Å². The van der Waals surface area contributed by atoms with Crippen LogP contribution in [-0.2, 0) is 4.79 Å². The number of benzene rings is 1. The molecule has 0 saturated heterocycles. The minimum absolute atomic E-state index is 0.100. The molecule has 1 aromatic carbocycles. The van der Waals surface area contributed by atoms with Gasteiger partial charge in [-0.05, 0) is 56.2 Å². The zero-order chi connectivity index (χ0) is 18.2. The molecule has 1 heterocycles. The number of allylic oxidation sites excluding steroid dienone is 1. The molecule has 0 radical (unpaired) electrons. The molecule has 1 spiro atoms. The van der Waals surface area contributed by atoms with Crippen molar-refractivity contribution in [2.24, 2.45) is 5.92 Å². The van der Waals surface area contributed by atoms with Crippen LogP contribution in [0.15, 0.2) is 24.0 Å². The number of hydrogen-bond acceptors (Lipinski definition) is 3. The maximum Gasteiger partial charge on any atom is 0.256 e. The second-order valence-corrected chi connectivity index (χ2v) is 7.43. The van der Waals surface area contributed by atoms with Crippen LogP contribution in [0, 0.1) is 5.92 Å². The van der Waals surface area contributed by atoms with Crippen LogP contribution in [0.4, 0.5) is 0 Å². The number of nitrogens with one attached hydrogen (secondary N) is 1.